The molecule has 6 aromatic rings. The zero-order chi connectivity index (χ0) is 37.2. The van der Waals surface area contributed by atoms with E-state index < -0.39 is 30.3 Å². The second kappa shape index (κ2) is 15.2. The lowest BCUT2D eigenvalue weighted by molar-refractivity contribution is 0.00473. The number of rotatable bonds is 12. The zero-order valence-corrected chi connectivity index (χ0v) is 29.8. The maximum absolute atomic E-state index is 11.5. The average molecular weight is 730 g/mol. The first-order valence-electron chi connectivity index (χ1n) is 18.3. The summed E-state index contributed by atoms with van der Waals surface area (Å²) in [4.78, 5) is 34.6. The maximum Gasteiger partial charge on any atom is 0.312 e. The van der Waals surface area contributed by atoms with Gasteiger partial charge in [0.05, 0.1) is 24.6 Å². The smallest absolute Gasteiger partial charge is 0.312 e. The Balaban J connectivity index is 1.15. The first-order chi connectivity index (χ1) is 26.4. The standard InChI is InChI=1S/C38H43N13O3/c1-2-31-46-48-51(47-31)30-18-29(33(52)34(30)53)50-22-43-32-35(41-19-27(23-10-5-3-6-11-23)24-12-7-4-8-13-24)44-38(45-36(32)50)49-17-15-25(21-49)26-14-9-16-40-28(26)20-42-37(39)54/h3-14,16,22,25,27,29-30,33-34,52-53H,2,15,17-21H2,1H3,(H3,39,42,54)(H,41,44,45)/t25-,29+,30-,33-,34+/m0/s1. The number of aliphatic hydroxyl groups excluding tert-OH is 2. The molecule has 1 saturated heterocycles. The SMILES string of the molecule is CCc1nnn([C@H]2C[C@@H](n3cnc4c(NCC(c5ccccc5)c5ccccc5)nc(N5CC[C@H](c6cccnc6CNC(N)=O)C5)nc43)[C@H](O)[C@@H]2O)n1. The van der Waals surface area contributed by atoms with Crippen molar-refractivity contribution in [1.82, 2.24) is 50.0 Å². The quantitative estimate of drug-likeness (QED) is 0.123. The number of urea groups is 1. The first-order valence-corrected chi connectivity index (χ1v) is 18.3. The van der Waals surface area contributed by atoms with Crippen molar-refractivity contribution in [3.05, 3.63) is 114 Å². The van der Waals surface area contributed by atoms with Gasteiger partial charge in [0.1, 0.15) is 18.2 Å². The van der Waals surface area contributed by atoms with Crippen LogP contribution >= 0.6 is 0 Å². The van der Waals surface area contributed by atoms with Crippen molar-refractivity contribution in [1.29, 1.82) is 0 Å². The summed E-state index contributed by atoms with van der Waals surface area (Å²) in [5, 5.41) is 41.6. The van der Waals surface area contributed by atoms with Crippen LogP contribution in [0.15, 0.2) is 85.3 Å². The van der Waals surface area contributed by atoms with Crippen LogP contribution < -0.4 is 21.3 Å². The summed E-state index contributed by atoms with van der Waals surface area (Å²) in [6, 6.07) is 22.9. The normalized spacial score (nSPS) is 21.3. The van der Waals surface area contributed by atoms with Crippen LogP contribution in [0, 0.1) is 0 Å². The van der Waals surface area contributed by atoms with Gasteiger partial charge in [-0.05, 0) is 40.8 Å². The minimum Gasteiger partial charge on any atom is -0.388 e. The minimum atomic E-state index is -1.13. The molecule has 6 N–H and O–H groups in total. The highest BCUT2D eigenvalue weighted by atomic mass is 16.3. The monoisotopic (exact) mass is 729 g/mol. The number of carbonyl (C=O) groups is 1. The summed E-state index contributed by atoms with van der Waals surface area (Å²) in [6.07, 6.45) is 2.89. The molecule has 1 aliphatic heterocycles. The van der Waals surface area contributed by atoms with E-state index in [1.54, 1.807) is 12.5 Å². The van der Waals surface area contributed by atoms with Crippen LogP contribution in [0.2, 0.25) is 0 Å². The molecule has 8 rings (SSSR count). The Labute approximate surface area is 311 Å². The van der Waals surface area contributed by atoms with Crippen LogP contribution in [-0.4, -0.2) is 92.8 Å². The van der Waals surface area contributed by atoms with Gasteiger partial charge in [0.15, 0.2) is 22.8 Å². The summed E-state index contributed by atoms with van der Waals surface area (Å²) >= 11 is 0. The van der Waals surface area contributed by atoms with Crippen molar-refractivity contribution in [2.24, 2.45) is 5.73 Å². The molecule has 0 spiro atoms. The van der Waals surface area contributed by atoms with E-state index in [0.29, 0.717) is 61.2 Å². The zero-order valence-electron chi connectivity index (χ0n) is 29.8. The Morgan fingerprint density at radius 3 is 2.41 bits per heavy atom. The summed E-state index contributed by atoms with van der Waals surface area (Å²) in [6.45, 7) is 4.01. The molecular weight excluding hydrogens is 687 g/mol. The van der Waals surface area contributed by atoms with Gasteiger partial charge in [0.2, 0.25) is 5.95 Å². The van der Waals surface area contributed by atoms with Crippen LogP contribution in [-0.2, 0) is 13.0 Å². The highest BCUT2D eigenvalue weighted by molar-refractivity contribution is 5.84. The minimum absolute atomic E-state index is 0.0212. The third kappa shape index (κ3) is 6.92. The van der Waals surface area contributed by atoms with Crippen LogP contribution in [0.5, 0.6) is 0 Å². The number of imidazole rings is 1. The molecule has 54 heavy (non-hydrogen) atoms. The third-order valence-corrected chi connectivity index (χ3v) is 10.6. The first kappa shape index (κ1) is 35.1. The van der Waals surface area contributed by atoms with Crippen LogP contribution in [0.25, 0.3) is 11.2 Å². The number of benzene rings is 2. The number of hydrogen-bond acceptors (Lipinski definition) is 12. The number of aromatic nitrogens is 9. The summed E-state index contributed by atoms with van der Waals surface area (Å²) < 4.78 is 1.84. The van der Waals surface area contributed by atoms with Gasteiger partial charge in [-0.1, -0.05) is 73.7 Å². The number of nitrogens with two attached hydrogens (primary N) is 1. The molecule has 1 aliphatic carbocycles. The fourth-order valence-electron chi connectivity index (χ4n) is 7.77. The molecule has 16 heteroatoms. The van der Waals surface area contributed by atoms with E-state index in [4.69, 9.17) is 20.7 Å². The Kier molecular flexibility index (Phi) is 9.84. The molecule has 5 atom stereocenters. The lowest BCUT2D eigenvalue weighted by Crippen LogP contribution is -2.31. The Bertz CT molecular complexity index is 2170. The van der Waals surface area contributed by atoms with Crippen LogP contribution in [0.3, 0.4) is 0 Å². The lowest BCUT2D eigenvalue weighted by Gasteiger charge is -2.22. The summed E-state index contributed by atoms with van der Waals surface area (Å²) in [7, 11) is 0. The molecular formula is C38H43N13O3. The highest BCUT2D eigenvalue weighted by Crippen LogP contribution is 2.40. The second-order valence-corrected chi connectivity index (χ2v) is 13.9. The number of aliphatic hydroxyl groups is 2. The number of carbonyl (C=O) groups excluding carboxylic acids is 1. The van der Waals surface area contributed by atoms with Crippen molar-refractivity contribution in [3.63, 3.8) is 0 Å². The predicted octanol–water partition coefficient (Wildman–Crippen LogP) is 3.08. The molecule has 278 valence electrons. The topological polar surface area (TPSA) is 211 Å². The van der Waals surface area contributed by atoms with E-state index in [9.17, 15) is 15.0 Å². The number of nitrogens with zero attached hydrogens (tertiary/aromatic N) is 10. The number of nitrogens with one attached hydrogen (secondary N) is 2. The highest BCUT2D eigenvalue weighted by Gasteiger charge is 2.45. The van der Waals surface area contributed by atoms with Gasteiger partial charge in [0.25, 0.3) is 0 Å². The molecule has 4 aromatic heterocycles. The van der Waals surface area contributed by atoms with Gasteiger partial charge in [-0.2, -0.15) is 14.8 Å². The molecule has 16 nitrogen and oxygen atoms in total. The third-order valence-electron chi connectivity index (χ3n) is 10.6. The Hall–Kier alpha value is -6.00. The van der Waals surface area contributed by atoms with E-state index in [-0.39, 0.29) is 18.4 Å². The van der Waals surface area contributed by atoms with Crippen molar-refractivity contribution < 1.29 is 15.0 Å². The molecule has 2 aliphatic rings. The molecule has 0 unspecified atom stereocenters. The Morgan fingerprint density at radius 1 is 0.963 bits per heavy atom. The molecule has 5 heterocycles. The van der Waals surface area contributed by atoms with Gasteiger partial charge in [0, 0.05) is 44.1 Å². The summed E-state index contributed by atoms with van der Waals surface area (Å²) in [5.74, 6) is 1.78. The number of tetrazole rings is 1. The molecule has 1 saturated carbocycles. The number of anilines is 2. The fourth-order valence-corrected chi connectivity index (χ4v) is 7.77. The average Bonchev–Trinajstić information content (AvgIpc) is 4.02. The van der Waals surface area contributed by atoms with Crippen molar-refractivity contribution >= 4 is 29.0 Å². The predicted molar refractivity (Wildman–Crippen MR) is 201 cm³/mol. The molecule has 0 bridgehead atoms. The number of amides is 2. The molecule has 2 aromatic carbocycles. The maximum atomic E-state index is 11.5. The number of fused-ring (bicyclic) bond motifs is 1. The number of primary amides is 1. The Morgan fingerprint density at radius 2 is 1.70 bits per heavy atom. The van der Waals surface area contributed by atoms with Crippen molar-refractivity contribution in [2.75, 3.05) is 29.9 Å². The lowest BCUT2D eigenvalue weighted by atomic mass is 9.91. The van der Waals surface area contributed by atoms with Crippen molar-refractivity contribution in [2.45, 2.75) is 68.9 Å². The largest absolute Gasteiger partial charge is 0.388 e. The van der Waals surface area contributed by atoms with Gasteiger partial charge in [-0.15, -0.1) is 10.2 Å². The van der Waals surface area contributed by atoms with E-state index in [1.165, 1.54) is 4.80 Å². The van der Waals surface area contributed by atoms with Crippen LogP contribution in [0.4, 0.5) is 16.6 Å². The number of pyridine rings is 1. The van der Waals surface area contributed by atoms with E-state index in [2.05, 4.69) is 60.2 Å². The second-order valence-electron chi connectivity index (χ2n) is 13.9. The van der Waals surface area contributed by atoms with E-state index in [1.807, 2.05) is 60.0 Å². The summed E-state index contributed by atoms with van der Waals surface area (Å²) in [5.41, 5.74) is 10.6. The van der Waals surface area contributed by atoms with Crippen LogP contribution in [0.1, 0.15) is 71.9 Å². The molecule has 2 fully saturated rings. The van der Waals surface area contributed by atoms with Gasteiger partial charge >= 0.3 is 6.03 Å². The van der Waals surface area contributed by atoms with E-state index in [0.717, 1.165) is 28.8 Å². The van der Waals surface area contributed by atoms with E-state index >= 15 is 0 Å². The molecule has 2 amide bonds. The van der Waals surface area contributed by atoms with Crippen molar-refractivity contribution in [3.8, 4) is 0 Å². The van der Waals surface area contributed by atoms with Gasteiger partial charge in [-0.25, -0.2) is 9.78 Å². The number of hydrogen-bond donors (Lipinski definition) is 5. The number of aryl methyl sites for hydroxylation is 1. The molecule has 0 radical (unpaired) electrons. The van der Waals surface area contributed by atoms with Gasteiger partial charge < -0.3 is 36.0 Å². The fraction of sp³-hybridized carbons (Fsp3) is 0.368. The van der Waals surface area contributed by atoms with Gasteiger partial charge in [-0.3, -0.25) is 4.98 Å².